The molecular weight excluding hydrogens is 228 g/mol. The molecule has 0 bridgehead atoms. The molecule has 1 aromatic carbocycles. The molecule has 0 saturated carbocycles. The normalized spacial score (nSPS) is 12.5. The molecule has 0 aliphatic carbocycles. The molecule has 0 fully saturated rings. The van der Waals surface area contributed by atoms with E-state index in [0.717, 1.165) is 0 Å². The molecule has 16 heavy (non-hydrogen) atoms. The molecule has 0 aromatic heterocycles. The molecule has 1 aromatic rings. The maximum atomic E-state index is 11.1. The molecule has 0 radical (unpaired) electrons. The molecule has 2 N–H and O–H groups in total. The van der Waals surface area contributed by atoms with Gasteiger partial charge in [0.05, 0.1) is 10.9 Å². The summed E-state index contributed by atoms with van der Waals surface area (Å²) in [5, 5.41) is 19.0. The Labute approximate surface area is 99.7 Å². The largest absolute Gasteiger partial charge is 0.506 e. The summed E-state index contributed by atoms with van der Waals surface area (Å²) >= 11 is 5.95. The predicted molar refractivity (Wildman–Crippen MR) is 63.3 cm³/mol. The first kappa shape index (κ1) is 12.8. The van der Waals surface area contributed by atoms with Crippen LogP contribution in [0.1, 0.15) is 36.0 Å². The Morgan fingerprint density at radius 2 is 2.06 bits per heavy atom. The summed E-state index contributed by atoms with van der Waals surface area (Å²) in [7, 11) is 0. The minimum atomic E-state index is -0.869. The third kappa shape index (κ3) is 2.14. The molecule has 1 unspecified atom stereocenters. The second-order valence-electron chi connectivity index (χ2n) is 3.87. The Hall–Kier alpha value is -1.22. The Morgan fingerprint density at radius 1 is 1.50 bits per heavy atom. The fourth-order valence-corrected chi connectivity index (χ4v) is 2.03. The van der Waals surface area contributed by atoms with Crippen molar-refractivity contribution in [3.63, 3.8) is 0 Å². The van der Waals surface area contributed by atoms with E-state index in [2.05, 4.69) is 0 Å². The van der Waals surface area contributed by atoms with Crippen molar-refractivity contribution in [2.45, 2.75) is 33.1 Å². The summed E-state index contributed by atoms with van der Waals surface area (Å²) in [6.45, 7) is 5.25. The molecule has 4 heteroatoms. The first-order valence-electron chi connectivity index (χ1n) is 5.11. The monoisotopic (exact) mass is 242 g/mol. The van der Waals surface area contributed by atoms with Crippen LogP contribution in [0.5, 0.6) is 5.75 Å². The molecule has 0 spiro atoms. The van der Waals surface area contributed by atoms with Gasteiger partial charge in [0, 0.05) is 0 Å². The number of hydrogen-bond donors (Lipinski definition) is 2. The molecule has 0 saturated heterocycles. The highest BCUT2D eigenvalue weighted by molar-refractivity contribution is 6.33. The van der Waals surface area contributed by atoms with Crippen LogP contribution in [0.15, 0.2) is 6.07 Å². The van der Waals surface area contributed by atoms with Gasteiger partial charge < -0.3 is 10.2 Å². The second-order valence-corrected chi connectivity index (χ2v) is 4.25. The highest BCUT2D eigenvalue weighted by Crippen LogP contribution is 2.36. The van der Waals surface area contributed by atoms with Crippen molar-refractivity contribution in [2.24, 2.45) is 0 Å². The summed E-state index contributed by atoms with van der Waals surface area (Å²) in [6.07, 6.45) is 0.497. The topological polar surface area (TPSA) is 57.5 Å². The maximum Gasteiger partial charge on any atom is 0.310 e. The summed E-state index contributed by atoms with van der Waals surface area (Å²) in [5.74, 6) is -1.41. The lowest BCUT2D eigenvalue weighted by Gasteiger charge is -2.16. The van der Waals surface area contributed by atoms with E-state index in [1.165, 1.54) is 0 Å². The quantitative estimate of drug-likeness (QED) is 0.856. The standard InChI is InChI=1S/C12H15ClO3/c1-4-8(12(15)16)9-5-6(2)11(14)10(13)7(9)3/h5,8,14H,4H2,1-3H3,(H,15,16). The average molecular weight is 243 g/mol. The van der Waals surface area contributed by atoms with Gasteiger partial charge in [0.25, 0.3) is 0 Å². The number of phenols is 1. The third-order valence-corrected chi connectivity index (χ3v) is 3.26. The SMILES string of the molecule is CCC(C(=O)O)c1cc(C)c(O)c(Cl)c1C. The van der Waals surface area contributed by atoms with Gasteiger partial charge in [-0.2, -0.15) is 0 Å². The van der Waals surface area contributed by atoms with Gasteiger partial charge in [0.1, 0.15) is 5.75 Å². The Kier molecular flexibility index (Phi) is 3.81. The number of aryl methyl sites for hydroxylation is 1. The van der Waals surface area contributed by atoms with Crippen molar-refractivity contribution in [3.8, 4) is 5.75 Å². The number of carboxylic acid groups (broad SMARTS) is 1. The number of phenolic OH excluding ortho intramolecular Hbond substituents is 1. The molecule has 1 atom stereocenters. The number of hydrogen-bond acceptors (Lipinski definition) is 2. The lowest BCUT2D eigenvalue weighted by Crippen LogP contribution is -2.12. The first-order valence-corrected chi connectivity index (χ1v) is 5.49. The van der Waals surface area contributed by atoms with Crippen molar-refractivity contribution >= 4 is 17.6 Å². The van der Waals surface area contributed by atoms with Crippen LogP contribution in [-0.4, -0.2) is 16.2 Å². The van der Waals surface area contributed by atoms with Crippen molar-refractivity contribution in [1.29, 1.82) is 0 Å². The van der Waals surface area contributed by atoms with E-state index in [9.17, 15) is 9.90 Å². The second kappa shape index (κ2) is 4.74. The van der Waals surface area contributed by atoms with Crippen LogP contribution in [0.2, 0.25) is 5.02 Å². The van der Waals surface area contributed by atoms with E-state index in [1.54, 1.807) is 19.9 Å². The smallest absolute Gasteiger partial charge is 0.310 e. The van der Waals surface area contributed by atoms with E-state index < -0.39 is 11.9 Å². The van der Waals surface area contributed by atoms with Crippen LogP contribution in [0.4, 0.5) is 0 Å². The van der Waals surface area contributed by atoms with Gasteiger partial charge in [-0.1, -0.05) is 24.6 Å². The summed E-state index contributed by atoms with van der Waals surface area (Å²) in [5.41, 5.74) is 1.92. The van der Waals surface area contributed by atoms with Crippen LogP contribution in [-0.2, 0) is 4.79 Å². The zero-order valence-electron chi connectivity index (χ0n) is 9.54. The number of benzene rings is 1. The first-order chi connectivity index (χ1) is 7.40. The van der Waals surface area contributed by atoms with E-state index in [-0.39, 0.29) is 10.8 Å². The van der Waals surface area contributed by atoms with Gasteiger partial charge in [-0.3, -0.25) is 4.79 Å². The number of carbonyl (C=O) groups is 1. The summed E-state index contributed by atoms with van der Waals surface area (Å²) in [6, 6.07) is 1.69. The average Bonchev–Trinajstić information content (AvgIpc) is 2.23. The van der Waals surface area contributed by atoms with Gasteiger partial charge in [-0.05, 0) is 37.0 Å². The molecule has 0 amide bonds. The highest BCUT2D eigenvalue weighted by Gasteiger charge is 2.22. The van der Waals surface area contributed by atoms with E-state index in [1.807, 2.05) is 6.92 Å². The molecule has 1 rings (SSSR count). The Morgan fingerprint density at radius 3 is 2.50 bits per heavy atom. The molecule has 88 valence electrons. The van der Waals surface area contributed by atoms with E-state index in [0.29, 0.717) is 23.1 Å². The summed E-state index contributed by atoms with van der Waals surface area (Å²) in [4.78, 5) is 11.1. The number of rotatable bonds is 3. The molecule has 0 heterocycles. The molecular formula is C12H15ClO3. The Balaban J connectivity index is 3.39. The lowest BCUT2D eigenvalue weighted by atomic mass is 9.91. The van der Waals surface area contributed by atoms with Crippen LogP contribution in [0, 0.1) is 13.8 Å². The number of aromatic hydroxyl groups is 1. The van der Waals surface area contributed by atoms with Crippen molar-refractivity contribution in [2.75, 3.05) is 0 Å². The summed E-state index contributed by atoms with van der Waals surface area (Å²) < 4.78 is 0. The van der Waals surface area contributed by atoms with Gasteiger partial charge in [0.2, 0.25) is 0 Å². The van der Waals surface area contributed by atoms with Gasteiger partial charge in [-0.15, -0.1) is 0 Å². The fraction of sp³-hybridized carbons (Fsp3) is 0.417. The van der Waals surface area contributed by atoms with Crippen molar-refractivity contribution in [3.05, 3.63) is 27.8 Å². The van der Waals surface area contributed by atoms with E-state index in [4.69, 9.17) is 16.7 Å². The van der Waals surface area contributed by atoms with E-state index >= 15 is 0 Å². The zero-order valence-corrected chi connectivity index (χ0v) is 10.3. The maximum absolute atomic E-state index is 11.1. The van der Waals surface area contributed by atoms with Crippen molar-refractivity contribution in [1.82, 2.24) is 0 Å². The highest BCUT2D eigenvalue weighted by atomic mass is 35.5. The van der Waals surface area contributed by atoms with Gasteiger partial charge in [-0.25, -0.2) is 0 Å². The molecule has 0 aliphatic heterocycles. The van der Waals surface area contributed by atoms with Gasteiger partial charge in [0.15, 0.2) is 0 Å². The molecule has 0 aliphatic rings. The zero-order chi connectivity index (χ0) is 12.5. The predicted octanol–water partition coefficient (Wildman–Crippen LogP) is 3.24. The van der Waals surface area contributed by atoms with Crippen LogP contribution >= 0.6 is 11.6 Å². The number of halogens is 1. The van der Waals surface area contributed by atoms with Crippen molar-refractivity contribution < 1.29 is 15.0 Å². The minimum Gasteiger partial charge on any atom is -0.506 e. The number of carboxylic acids is 1. The minimum absolute atomic E-state index is 0.0307. The van der Waals surface area contributed by atoms with Crippen LogP contribution in [0.25, 0.3) is 0 Å². The van der Waals surface area contributed by atoms with Crippen LogP contribution in [0.3, 0.4) is 0 Å². The van der Waals surface area contributed by atoms with Gasteiger partial charge >= 0.3 is 5.97 Å². The number of aliphatic carboxylic acids is 1. The lowest BCUT2D eigenvalue weighted by molar-refractivity contribution is -0.138. The fourth-order valence-electron chi connectivity index (χ4n) is 1.78. The van der Waals surface area contributed by atoms with Crippen LogP contribution < -0.4 is 0 Å². The third-order valence-electron chi connectivity index (χ3n) is 2.80. The molecule has 3 nitrogen and oxygen atoms in total. The Bertz CT molecular complexity index is 427.